The first-order chi connectivity index (χ1) is 16.3. The second-order valence-corrected chi connectivity index (χ2v) is 7.94. The van der Waals surface area contributed by atoms with Crippen LogP contribution in [-0.2, 0) is 14.3 Å². The second-order valence-electron chi connectivity index (χ2n) is 7.94. The van der Waals surface area contributed by atoms with Crippen LogP contribution in [0.3, 0.4) is 0 Å². The molecule has 0 saturated carbocycles. The highest BCUT2D eigenvalue weighted by molar-refractivity contribution is 5.90. The van der Waals surface area contributed by atoms with Gasteiger partial charge in [0, 0.05) is 44.0 Å². The van der Waals surface area contributed by atoms with Crippen LogP contribution < -0.4 is 21.4 Å². The van der Waals surface area contributed by atoms with Crippen molar-refractivity contribution < 1.29 is 27.9 Å². The maximum Gasteiger partial charge on any atom is 0.414 e. The molecule has 2 saturated heterocycles. The molecule has 1 aromatic carbocycles. The van der Waals surface area contributed by atoms with E-state index in [1.54, 1.807) is 0 Å². The van der Waals surface area contributed by atoms with Crippen LogP contribution in [0, 0.1) is 11.6 Å². The number of hydrogen-bond donors (Lipinski definition) is 2. The molecule has 0 spiro atoms. The summed E-state index contributed by atoms with van der Waals surface area (Å²) in [6.45, 7) is 2.49. The number of carbonyl (C=O) groups is 3. The normalized spacial score (nSPS) is 18.9. The first kappa shape index (κ1) is 25.0. The molecule has 0 unspecified atom stereocenters. The van der Waals surface area contributed by atoms with Crippen molar-refractivity contribution in [2.75, 3.05) is 49.1 Å². The number of anilines is 2. The Hall–Kier alpha value is -3.61. The lowest BCUT2D eigenvalue weighted by atomic mass is 10.2. The fraction of sp³-hybridized carbons (Fsp3) is 0.476. The zero-order valence-electron chi connectivity index (χ0n) is 18.9. The van der Waals surface area contributed by atoms with Gasteiger partial charge in [-0.15, -0.1) is 0 Å². The highest BCUT2D eigenvalue weighted by Gasteiger charge is 2.34. The summed E-state index contributed by atoms with van der Waals surface area (Å²) in [5.41, 5.74) is 4.99. The number of nitrogens with zero attached hydrogens (tertiary/aromatic N) is 5. The van der Waals surface area contributed by atoms with Crippen molar-refractivity contribution in [3.05, 3.63) is 36.2 Å². The fourth-order valence-corrected chi connectivity index (χ4v) is 3.99. The fourth-order valence-electron chi connectivity index (χ4n) is 3.99. The van der Waals surface area contributed by atoms with E-state index in [1.807, 2.05) is 6.92 Å². The zero-order chi connectivity index (χ0) is 24.8. The molecule has 0 radical (unpaired) electrons. The number of halogens is 2. The summed E-state index contributed by atoms with van der Waals surface area (Å²) in [5, 5.41) is 3.77. The summed E-state index contributed by atoms with van der Waals surface area (Å²) in [6, 6.07) is 2.12. The van der Waals surface area contributed by atoms with Gasteiger partial charge in [0.2, 0.25) is 12.3 Å². The molecule has 1 atom stereocenters. The number of amides is 3. The molecule has 2 aliphatic rings. The summed E-state index contributed by atoms with van der Waals surface area (Å²) in [4.78, 5) is 38.6. The molecule has 13 heteroatoms. The van der Waals surface area contributed by atoms with E-state index in [2.05, 4.69) is 0 Å². The number of ether oxygens (including phenoxy) is 1. The third-order valence-corrected chi connectivity index (χ3v) is 5.56. The summed E-state index contributed by atoms with van der Waals surface area (Å²) >= 11 is 0. The number of hydrogen-bond acceptors (Lipinski definition) is 8. The molecule has 4 N–H and O–H groups in total. The van der Waals surface area contributed by atoms with Crippen LogP contribution in [-0.4, -0.2) is 78.8 Å². The molecular weight excluding hydrogens is 452 g/mol. The van der Waals surface area contributed by atoms with Gasteiger partial charge in [0.15, 0.2) is 11.6 Å². The quantitative estimate of drug-likeness (QED) is 0.316. The van der Waals surface area contributed by atoms with Gasteiger partial charge >= 0.3 is 6.09 Å². The Morgan fingerprint density at radius 3 is 2.53 bits per heavy atom. The van der Waals surface area contributed by atoms with Crippen LogP contribution in [0.15, 0.2) is 24.5 Å². The molecule has 34 heavy (non-hydrogen) atoms. The van der Waals surface area contributed by atoms with Crippen molar-refractivity contribution in [3.63, 3.8) is 0 Å². The molecule has 0 bridgehead atoms. The van der Waals surface area contributed by atoms with E-state index in [0.717, 1.165) is 17.0 Å². The summed E-state index contributed by atoms with van der Waals surface area (Å²) < 4.78 is 35.4. The van der Waals surface area contributed by atoms with Crippen molar-refractivity contribution in [1.29, 1.82) is 0 Å². The number of cyclic esters (lactones) is 1. The van der Waals surface area contributed by atoms with E-state index in [1.165, 1.54) is 32.3 Å². The number of rotatable bonds is 8. The third kappa shape index (κ3) is 5.47. The van der Waals surface area contributed by atoms with Crippen LogP contribution in [0.1, 0.15) is 19.8 Å². The third-order valence-electron chi connectivity index (χ3n) is 5.56. The molecule has 0 aliphatic carbocycles. The Labute approximate surface area is 196 Å². The topological polar surface area (TPSA) is 129 Å². The summed E-state index contributed by atoms with van der Waals surface area (Å²) in [7, 11) is 0. The monoisotopic (exact) mass is 481 g/mol. The van der Waals surface area contributed by atoms with E-state index >= 15 is 8.78 Å². The summed E-state index contributed by atoms with van der Waals surface area (Å²) in [5.74, 6) is 3.73. The highest BCUT2D eigenvalue weighted by Crippen LogP contribution is 2.31. The zero-order valence-corrected chi connectivity index (χ0v) is 18.9. The molecule has 3 rings (SSSR count). The maximum absolute atomic E-state index is 15.1. The Bertz CT molecular complexity index is 925. The number of carbonyl (C=O) groups excluding carboxylic acids is 3. The molecule has 2 aliphatic heterocycles. The smallest absolute Gasteiger partial charge is 0.414 e. The van der Waals surface area contributed by atoms with Gasteiger partial charge < -0.3 is 20.4 Å². The Morgan fingerprint density at radius 1 is 1.24 bits per heavy atom. The minimum Gasteiger partial charge on any atom is -0.442 e. The van der Waals surface area contributed by atoms with Crippen molar-refractivity contribution in [2.45, 2.75) is 25.9 Å². The van der Waals surface area contributed by atoms with Gasteiger partial charge in [0.1, 0.15) is 11.8 Å². The Kier molecular flexibility index (Phi) is 8.10. The lowest BCUT2D eigenvalue weighted by molar-refractivity contribution is -0.155. The van der Waals surface area contributed by atoms with Crippen molar-refractivity contribution in [3.8, 4) is 0 Å². The van der Waals surface area contributed by atoms with E-state index in [-0.39, 0.29) is 63.0 Å². The van der Waals surface area contributed by atoms with Crippen LogP contribution in [0.5, 0.6) is 0 Å². The van der Waals surface area contributed by atoms with Gasteiger partial charge in [-0.2, -0.15) is 0 Å². The molecule has 11 nitrogen and oxygen atoms in total. The Balaban J connectivity index is 1.76. The lowest BCUT2D eigenvalue weighted by Gasteiger charge is -2.29. The van der Waals surface area contributed by atoms with Gasteiger partial charge in [-0.05, 0) is 6.42 Å². The van der Waals surface area contributed by atoms with Gasteiger partial charge in [0.25, 0.3) is 0 Å². The molecule has 0 aromatic heterocycles. The predicted octanol–water partition coefficient (Wildman–Crippen LogP) is 0.718. The van der Waals surface area contributed by atoms with Crippen LogP contribution in [0.25, 0.3) is 0 Å². The van der Waals surface area contributed by atoms with Gasteiger partial charge in [0.05, 0.1) is 31.9 Å². The van der Waals surface area contributed by atoms with E-state index < -0.39 is 23.8 Å². The van der Waals surface area contributed by atoms with Crippen LogP contribution in [0.2, 0.25) is 0 Å². The van der Waals surface area contributed by atoms with Gasteiger partial charge in [-0.25, -0.2) is 24.4 Å². The minimum absolute atomic E-state index is 0.00767. The SMILES string of the molecule is CCCC(=O)N1CCN(c2c(F)cc(N3C[C@H](CN(N)/C=C\N)OC3=O)cc2F)CCN1C=O. The maximum atomic E-state index is 15.1. The number of benzene rings is 1. The molecule has 1 aromatic rings. The lowest BCUT2D eigenvalue weighted by Crippen LogP contribution is -2.46. The van der Waals surface area contributed by atoms with Gasteiger partial charge in [-0.1, -0.05) is 6.92 Å². The molecule has 2 heterocycles. The average Bonchev–Trinajstić information content (AvgIpc) is 3.00. The highest BCUT2D eigenvalue weighted by atomic mass is 19.1. The first-order valence-corrected chi connectivity index (χ1v) is 10.9. The largest absolute Gasteiger partial charge is 0.442 e. The summed E-state index contributed by atoms with van der Waals surface area (Å²) in [6.07, 6.45) is 2.67. The average molecular weight is 482 g/mol. The van der Waals surface area contributed by atoms with Crippen LogP contribution >= 0.6 is 0 Å². The molecule has 186 valence electrons. The van der Waals surface area contributed by atoms with E-state index in [9.17, 15) is 14.4 Å². The Morgan fingerprint density at radius 2 is 1.91 bits per heavy atom. The van der Waals surface area contributed by atoms with E-state index in [0.29, 0.717) is 12.8 Å². The van der Waals surface area contributed by atoms with Crippen molar-refractivity contribution in [2.24, 2.45) is 11.6 Å². The minimum atomic E-state index is -0.872. The number of nitrogens with two attached hydrogens (primary N) is 2. The first-order valence-electron chi connectivity index (χ1n) is 10.9. The standard InChI is InChI=1S/C21H29F2N7O4/c1-2-3-19(32)30-9-7-26(6-8-28(30)14-31)20-17(22)10-15(11-18(20)23)29-13-16(34-21(29)33)12-27(25)5-4-24/h4-5,10-11,14,16H,2-3,6-9,12-13,24-25H2,1H3/b5-4-/t16-/m0/s1. The molecule has 2 fully saturated rings. The van der Waals surface area contributed by atoms with Crippen molar-refractivity contribution in [1.82, 2.24) is 15.0 Å². The number of hydrazine groups is 2. The molecular formula is C21H29F2N7O4. The predicted molar refractivity (Wildman–Crippen MR) is 120 cm³/mol. The second kappa shape index (κ2) is 11.0. The van der Waals surface area contributed by atoms with Crippen molar-refractivity contribution >= 4 is 29.8 Å². The van der Waals surface area contributed by atoms with E-state index in [4.69, 9.17) is 16.3 Å². The van der Waals surface area contributed by atoms with Gasteiger partial charge in [-0.3, -0.25) is 19.5 Å². The van der Waals surface area contributed by atoms with Crippen LogP contribution in [0.4, 0.5) is 25.0 Å². The molecule has 3 amide bonds.